The Balaban J connectivity index is 1.38. The van der Waals surface area contributed by atoms with Gasteiger partial charge in [0.05, 0.1) is 22.1 Å². The molecule has 1 saturated carbocycles. The number of hydrogen-bond acceptors (Lipinski definition) is 6. The van der Waals surface area contributed by atoms with Gasteiger partial charge in [0, 0.05) is 30.9 Å². The van der Waals surface area contributed by atoms with Crippen molar-refractivity contribution in [3.05, 3.63) is 77.6 Å². The number of aromatic nitrogens is 2. The molecule has 2 aliphatic rings. The van der Waals surface area contributed by atoms with E-state index in [9.17, 15) is 36.0 Å². The Hall–Kier alpha value is -3.96. The van der Waals surface area contributed by atoms with Crippen molar-refractivity contribution >= 4 is 15.9 Å². The fourth-order valence-corrected chi connectivity index (χ4v) is 6.91. The maximum Gasteiger partial charge on any atom is 0.451 e. The van der Waals surface area contributed by atoms with Crippen molar-refractivity contribution in [2.24, 2.45) is 0 Å². The lowest BCUT2D eigenvalue weighted by atomic mass is 10.0. The zero-order chi connectivity index (χ0) is 28.9. The van der Waals surface area contributed by atoms with Gasteiger partial charge < -0.3 is 5.32 Å². The van der Waals surface area contributed by atoms with Crippen molar-refractivity contribution in [2.45, 2.75) is 54.6 Å². The number of alkyl halides is 4. The molecule has 40 heavy (non-hydrogen) atoms. The van der Waals surface area contributed by atoms with Gasteiger partial charge >= 0.3 is 6.18 Å². The normalized spacial score (nSPS) is 20.3. The molecular formula is C26H20F5N5O3S. The van der Waals surface area contributed by atoms with Crippen molar-refractivity contribution in [3.63, 3.8) is 0 Å². The molecule has 8 nitrogen and oxygen atoms in total. The van der Waals surface area contributed by atoms with Crippen LogP contribution < -0.4 is 5.32 Å². The number of sulfonamides is 1. The molecule has 2 atom stereocenters. The smallest absolute Gasteiger partial charge is 0.351 e. The lowest BCUT2D eigenvalue weighted by Crippen LogP contribution is -2.50. The van der Waals surface area contributed by atoms with Crippen molar-refractivity contribution < 1.29 is 35.2 Å². The summed E-state index contributed by atoms with van der Waals surface area (Å²) in [4.78, 5) is 19.6. The van der Waals surface area contributed by atoms with Crippen LogP contribution in [0.3, 0.4) is 0 Å². The molecule has 2 heterocycles. The minimum Gasteiger partial charge on any atom is -0.351 e. The van der Waals surface area contributed by atoms with E-state index in [1.165, 1.54) is 18.2 Å². The maximum atomic E-state index is 15.1. The summed E-state index contributed by atoms with van der Waals surface area (Å²) >= 11 is 0. The molecule has 5 rings (SSSR count). The lowest BCUT2D eigenvalue weighted by Gasteiger charge is -2.29. The second-order valence-electron chi connectivity index (χ2n) is 9.57. The predicted molar refractivity (Wildman–Crippen MR) is 130 cm³/mol. The van der Waals surface area contributed by atoms with E-state index >= 15 is 4.39 Å². The Kier molecular flexibility index (Phi) is 6.83. The molecule has 0 radical (unpaired) electrons. The number of amides is 1. The maximum absolute atomic E-state index is 15.1. The first-order valence-corrected chi connectivity index (χ1v) is 13.5. The van der Waals surface area contributed by atoms with Gasteiger partial charge in [-0.25, -0.2) is 27.2 Å². The molecule has 1 aliphatic carbocycles. The highest BCUT2D eigenvalue weighted by molar-refractivity contribution is 7.89. The zero-order valence-electron chi connectivity index (χ0n) is 20.5. The van der Waals surface area contributed by atoms with Gasteiger partial charge in [0.15, 0.2) is 0 Å². The van der Waals surface area contributed by atoms with Gasteiger partial charge in [0.2, 0.25) is 21.8 Å². The molecule has 14 heteroatoms. The van der Waals surface area contributed by atoms with Crippen LogP contribution in [0.2, 0.25) is 0 Å². The highest BCUT2D eigenvalue weighted by Crippen LogP contribution is 2.55. The number of carbonyl (C=O) groups is 1. The molecule has 1 aliphatic heterocycles. The van der Waals surface area contributed by atoms with Crippen LogP contribution >= 0.6 is 0 Å². The van der Waals surface area contributed by atoms with E-state index in [0.717, 1.165) is 41.0 Å². The summed E-state index contributed by atoms with van der Waals surface area (Å²) in [6.45, 7) is -0.248. The monoisotopic (exact) mass is 577 g/mol. The Labute approximate surface area is 225 Å². The first-order valence-electron chi connectivity index (χ1n) is 12.0. The van der Waals surface area contributed by atoms with E-state index in [4.69, 9.17) is 0 Å². The number of carbonyl (C=O) groups excluding carboxylic acids is 1. The van der Waals surface area contributed by atoms with Crippen LogP contribution in [0.4, 0.5) is 22.0 Å². The molecule has 2 fully saturated rings. The fourth-order valence-electron chi connectivity index (χ4n) is 4.91. The Bertz CT molecular complexity index is 1600. The molecule has 1 spiro atoms. The third kappa shape index (κ3) is 4.90. The van der Waals surface area contributed by atoms with Crippen LogP contribution in [-0.4, -0.2) is 46.4 Å². The molecular weight excluding hydrogens is 557 g/mol. The Morgan fingerprint density at radius 1 is 1.10 bits per heavy atom. The quantitative estimate of drug-likeness (QED) is 0.441. The summed E-state index contributed by atoms with van der Waals surface area (Å²) in [5.74, 6) is -2.75. The number of benzene rings is 2. The van der Waals surface area contributed by atoms with Crippen molar-refractivity contribution in [2.75, 3.05) is 0 Å². The Morgan fingerprint density at radius 2 is 1.75 bits per heavy atom. The topological polar surface area (TPSA) is 116 Å². The van der Waals surface area contributed by atoms with Gasteiger partial charge in [-0.2, -0.15) is 22.7 Å². The Morgan fingerprint density at radius 3 is 2.33 bits per heavy atom. The van der Waals surface area contributed by atoms with E-state index < -0.39 is 51.5 Å². The van der Waals surface area contributed by atoms with E-state index in [1.807, 2.05) is 6.07 Å². The molecule has 1 amide bonds. The van der Waals surface area contributed by atoms with Gasteiger partial charge in [-0.1, -0.05) is 6.07 Å². The molecule has 0 unspecified atom stereocenters. The largest absolute Gasteiger partial charge is 0.451 e. The fraction of sp³-hybridized carbons (Fsp3) is 0.308. The molecule has 1 N–H and O–H groups in total. The summed E-state index contributed by atoms with van der Waals surface area (Å²) in [6, 6.07) is 8.95. The van der Waals surface area contributed by atoms with Crippen LogP contribution in [-0.2, 0) is 27.5 Å². The zero-order valence-corrected chi connectivity index (χ0v) is 21.3. The summed E-state index contributed by atoms with van der Waals surface area (Å²) in [6.07, 6.45) is -4.26. The summed E-state index contributed by atoms with van der Waals surface area (Å²) in [5, 5.41) is 12.1. The second-order valence-corrected chi connectivity index (χ2v) is 11.4. The summed E-state index contributed by atoms with van der Waals surface area (Å²) < 4.78 is 94.7. The first kappa shape index (κ1) is 27.6. The van der Waals surface area contributed by atoms with Crippen LogP contribution in [0, 0.1) is 17.1 Å². The van der Waals surface area contributed by atoms with Crippen molar-refractivity contribution in [1.82, 2.24) is 19.6 Å². The van der Waals surface area contributed by atoms with E-state index in [1.54, 1.807) is 0 Å². The average Bonchev–Trinajstić information content (AvgIpc) is 3.66. The van der Waals surface area contributed by atoms with E-state index in [-0.39, 0.29) is 47.4 Å². The summed E-state index contributed by atoms with van der Waals surface area (Å²) in [5.41, 5.74) is -0.305. The number of hydrogen-bond donors (Lipinski definition) is 1. The SMILES string of the molecule is N#Cc1ccc(-c2cnc(C(F)(F)F)nc2)cc1CNC(=O)[C@@H]1C[C@@H](F)C2(CC2)N1S(=O)(=O)c1ccc(F)cc1. The summed E-state index contributed by atoms with van der Waals surface area (Å²) in [7, 11) is -4.36. The third-order valence-corrected chi connectivity index (χ3v) is 9.09. The van der Waals surface area contributed by atoms with E-state index in [0.29, 0.717) is 5.56 Å². The lowest BCUT2D eigenvalue weighted by molar-refractivity contribution is -0.145. The molecule has 208 valence electrons. The third-order valence-electron chi connectivity index (χ3n) is 7.09. The van der Waals surface area contributed by atoms with Crippen LogP contribution in [0.25, 0.3) is 11.1 Å². The van der Waals surface area contributed by atoms with Crippen LogP contribution in [0.5, 0.6) is 0 Å². The minimum atomic E-state index is -4.71. The van der Waals surface area contributed by atoms with Gasteiger partial charge in [-0.05, 0) is 60.4 Å². The average molecular weight is 578 g/mol. The highest BCUT2D eigenvalue weighted by atomic mass is 32.2. The highest BCUT2D eigenvalue weighted by Gasteiger charge is 2.67. The number of halogens is 5. The number of nitrogens with one attached hydrogen (secondary N) is 1. The van der Waals surface area contributed by atoms with Gasteiger partial charge in [0.1, 0.15) is 18.0 Å². The number of nitriles is 1. The molecule has 1 aromatic heterocycles. The van der Waals surface area contributed by atoms with Gasteiger partial charge in [0.25, 0.3) is 0 Å². The molecule has 1 saturated heterocycles. The standard InChI is InChI=1S/C26H20F5N5O3S/c27-19-3-5-20(6-4-19)40(38,39)36-21(10-22(28)25(36)7-8-25)23(37)33-12-17-9-15(1-2-16(17)11-32)18-13-34-24(35-14-18)26(29,30)31/h1-6,9,13-14,21-22H,7-8,10,12H2,(H,33,37)/t21-,22+/m0/s1. The van der Waals surface area contributed by atoms with Crippen LogP contribution in [0.1, 0.15) is 36.2 Å². The van der Waals surface area contributed by atoms with Gasteiger partial charge in [-0.15, -0.1) is 0 Å². The molecule has 0 bridgehead atoms. The predicted octanol–water partition coefficient (Wildman–Crippen LogP) is 4.12. The van der Waals surface area contributed by atoms with Crippen molar-refractivity contribution in [1.29, 1.82) is 5.26 Å². The van der Waals surface area contributed by atoms with Crippen molar-refractivity contribution in [3.8, 4) is 17.2 Å². The molecule has 2 aromatic carbocycles. The molecule has 3 aromatic rings. The van der Waals surface area contributed by atoms with Gasteiger partial charge in [-0.3, -0.25) is 4.79 Å². The van der Waals surface area contributed by atoms with Crippen LogP contribution in [0.15, 0.2) is 59.8 Å². The van der Waals surface area contributed by atoms with E-state index in [2.05, 4.69) is 15.3 Å². The number of rotatable bonds is 6. The number of nitrogens with zero attached hydrogens (tertiary/aromatic N) is 4. The minimum absolute atomic E-state index is 0.154. The first-order chi connectivity index (χ1) is 18.9. The second kappa shape index (κ2) is 9.90.